The molecule has 0 aliphatic rings. The van der Waals surface area contributed by atoms with Crippen molar-refractivity contribution in [2.75, 3.05) is 0 Å². The Bertz CT molecular complexity index is 3540. The molecule has 0 fully saturated rings. The number of hydrogen-bond acceptors (Lipinski definition) is 6. The van der Waals surface area contributed by atoms with E-state index in [1.807, 2.05) is 47.7 Å². The summed E-state index contributed by atoms with van der Waals surface area (Å²) in [6.45, 7) is 0. The van der Waals surface area contributed by atoms with Crippen molar-refractivity contribution in [3.05, 3.63) is 176 Å². The molecule has 12 aromatic rings. The topological polar surface area (TPSA) is 65.0 Å². The van der Waals surface area contributed by atoms with Gasteiger partial charge in [0.05, 0.1) is 0 Å². The van der Waals surface area contributed by atoms with Crippen molar-refractivity contribution in [3.8, 4) is 56.4 Å². The molecular weight excluding hydrogens is 719 g/mol. The quantitative estimate of drug-likeness (QED) is 0.175. The molecule has 0 N–H and O–H groups in total. The molecule has 0 spiro atoms. The summed E-state index contributed by atoms with van der Waals surface area (Å²) in [5.74, 6) is 1.71. The molecule has 4 aromatic heterocycles. The maximum absolute atomic E-state index is 6.52. The fraction of sp³-hybridized carbons (Fsp3) is 0. The monoisotopic (exact) mass is 747 g/mol. The van der Waals surface area contributed by atoms with Crippen LogP contribution in [-0.2, 0) is 0 Å². The molecule has 0 amide bonds. The van der Waals surface area contributed by atoms with E-state index in [1.54, 1.807) is 0 Å². The lowest BCUT2D eigenvalue weighted by atomic mass is 10.0. The highest BCUT2D eigenvalue weighted by molar-refractivity contribution is 7.26. The maximum atomic E-state index is 6.52. The zero-order valence-corrected chi connectivity index (χ0v) is 31.1. The van der Waals surface area contributed by atoms with Crippen LogP contribution in [0.5, 0.6) is 0 Å². The molecule has 0 aliphatic heterocycles. The minimum absolute atomic E-state index is 0.559. The molecule has 8 aromatic carbocycles. The fourth-order valence-corrected chi connectivity index (χ4v) is 9.39. The van der Waals surface area contributed by atoms with Crippen LogP contribution >= 0.6 is 11.3 Å². The molecule has 0 unspecified atom stereocenters. The molecule has 12 rings (SSSR count). The first-order valence-electron chi connectivity index (χ1n) is 18.9. The molecule has 0 radical (unpaired) electrons. The predicted molar refractivity (Wildman–Crippen MR) is 234 cm³/mol. The van der Waals surface area contributed by atoms with Crippen LogP contribution in [0.3, 0.4) is 0 Å². The van der Waals surface area contributed by atoms with Gasteiger partial charge < -0.3 is 8.83 Å². The Morgan fingerprint density at radius 3 is 1.53 bits per heavy atom. The predicted octanol–water partition coefficient (Wildman–Crippen LogP) is 14.4. The molecule has 0 saturated carbocycles. The van der Waals surface area contributed by atoms with Crippen molar-refractivity contribution in [1.82, 2.24) is 15.0 Å². The minimum atomic E-state index is 0.559. The molecule has 0 aliphatic carbocycles. The Morgan fingerprint density at radius 1 is 0.316 bits per heavy atom. The van der Waals surface area contributed by atoms with Gasteiger partial charge >= 0.3 is 0 Å². The number of fused-ring (bicyclic) bond motifs is 9. The number of para-hydroxylation sites is 1. The third kappa shape index (κ3) is 5.26. The van der Waals surface area contributed by atoms with Gasteiger partial charge in [0.1, 0.15) is 22.3 Å². The second-order valence-electron chi connectivity index (χ2n) is 14.4. The molecule has 0 bridgehead atoms. The van der Waals surface area contributed by atoms with E-state index in [2.05, 4.69) is 140 Å². The Balaban J connectivity index is 1.02. The average molecular weight is 748 g/mol. The molecular formula is C51H29N3O2S. The van der Waals surface area contributed by atoms with E-state index in [0.717, 1.165) is 77.3 Å². The number of hydrogen-bond donors (Lipinski definition) is 0. The molecule has 5 nitrogen and oxygen atoms in total. The second-order valence-corrected chi connectivity index (χ2v) is 15.4. The molecule has 266 valence electrons. The van der Waals surface area contributed by atoms with Gasteiger partial charge in [-0.05, 0) is 76.9 Å². The van der Waals surface area contributed by atoms with Gasteiger partial charge in [0.2, 0.25) is 0 Å². The molecule has 0 saturated heterocycles. The lowest BCUT2D eigenvalue weighted by Crippen LogP contribution is -2.00. The summed E-state index contributed by atoms with van der Waals surface area (Å²) >= 11 is 1.83. The van der Waals surface area contributed by atoms with E-state index in [4.69, 9.17) is 23.8 Å². The van der Waals surface area contributed by atoms with Crippen LogP contribution < -0.4 is 0 Å². The average Bonchev–Trinajstić information content (AvgIpc) is 3.97. The highest BCUT2D eigenvalue weighted by Gasteiger charge is 2.18. The Hall–Kier alpha value is -7.41. The number of thiophene rings is 1. The Morgan fingerprint density at radius 2 is 0.807 bits per heavy atom. The normalized spacial score (nSPS) is 11.9. The number of benzene rings is 8. The lowest BCUT2D eigenvalue weighted by Gasteiger charge is -2.10. The van der Waals surface area contributed by atoms with Crippen molar-refractivity contribution in [3.63, 3.8) is 0 Å². The fourth-order valence-electron chi connectivity index (χ4n) is 8.15. The van der Waals surface area contributed by atoms with Crippen LogP contribution in [0.1, 0.15) is 0 Å². The van der Waals surface area contributed by atoms with Gasteiger partial charge in [-0.1, -0.05) is 121 Å². The van der Waals surface area contributed by atoms with Crippen LogP contribution in [0, 0.1) is 0 Å². The third-order valence-corrected chi connectivity index (χ3v) is 12.2. The summed E-state index contributed by atoms with van der Waals surface area (Å²) in [6.07, 6.45) is 0. The summed E-state index contributed by atoms with van der Waals surface area (Å²) in [5.41, 5.74) is 10.4. The van der Waals surface area contributed by atoms with E-state index in [-0.39, 0.29) is 0 Å². The Kier molecular flexibility index (Phi) is 7.03. The van der Waals surface area contributed by atoms with E-state index in [9.17, 15) is 0 Å². The van der Waals surface area contributed by atoms with Gasteiger partial charge in [-0.2, -0.15) is 0 Å². The highest BCUT2D eigenvalue weighted by atomic mass is 32.1. The van der Waals surface area contributed by atoms with Crippen LogP contribution in [0.4, 0.5) is 0 Å². The van der Waals surface area contributed by atoms with Crippen LogP contribution in [0.15, 0.2) is 185 Å². The van der Waals surface area contributed by atoms with Gasteiger partial charge in [-0.3, -0.25) is 0 Å². The van der Waals surface area contributed by atoms with Crippen molar-refractivity contribution in [2.24, 2.45) is 0 Å². The summed E-state index contributed by atoms with van der Waals surface area (Å²) in [4.78, 5) is 15.4. The minimum Gasteiger partial charge on any atom is -0.456 e. The molecule has 6 heteroatoms. The standard InChI is InChI=1S/C51H29N3O2S/c1-2-10-30(11-3-1)31-20-23-39-40-25-22-35(29-46(40)56-44(39)27-31)51-53-49(52-50(54-51)34-21-24-38-37-14-4-6-18-43(37)55-45(38)28-34)33-13-8-12-32(26-33)36-16-9-17-42-41-15-5-7-19-47(41)57-48(36)42/h1-29H. The first-order chi connectivity index (χ1) is 28.2. The zero-order valence-electron chi connectivity index (χ0n) is 30.3. The van der Waals surface area contributed by atoms with E-state index < -0.39 is 0 Å². The van der Waals surface area contributed by atoms with Gasteiger partial charge in [0.15, 0.2) is 17.5 Å². The smallest absolute Gasteiger partial charge is 0.164 e. The Labute approximate surface area is 330 Å². The van der Waals surface area contributed by atoms with Gasteiger partial charge in [0, 0.05) is 58.4 Å². The number of aromatic nitrogens is 3. The largest absolute Gasteiger partial charge is 0.456 e. The molecule has 0 atom stereocenters. The van der Waals surface area contributed by atoms with Crippen LogP contribution in [-0.4, -0.2) is 15.0 Å². The van der Waals surface area contributed by atoms with E-state index >= 15 is 0 Å². The van der Waals surface area contributed by atoms with Gasteiger partial charge in [-0.15, -0.1) is 11.3 Å². The van der Waals surface area contributed by atoms with Crippen molar-refractivity contribution < 1.29 is 8.83 Å². The first-order valence-corrected chi connectivity index (χ1v) is 19.7. The van der Waals surface area contributed by atoms with Crippen LogP contribution in [0.2, 0.25) is 0 Å². The second kappa shape index (κ2) is 12.6. The molecule has 4 heterocycles. The first kappa shape index (κ1) is 31.9. The number of nitrogens with zero attached hydrogens (tertiary/aromatic N) is 3. The SMILES string of the molecule is c1ccc(-c2ccc3c(c2)oc2cc(-c4nc(-c5cccc(-c6cccc7c6sc6ccccc67)c5)nc(-c5ccc6c(c5)oc5ccccc56)n4)ccc23)cc1. The summed E-state index contributed by atoms with van der Waals surface area (Å²) in [6, 6.07) is 61.0. The number of rotatable bonds is 5. The van der Waals surface area contributed by atoms with Crippen molar-refractivity contribution in [2.45, 2.75) is 0 Å². The van der Waals surface area contributed by atoms with Crippen molar-refractivity contribution >= 4 is 75.4 Å². The van der Waals surface area contributed by atoms with Crippen LogP contribution in [0.25, 0.3) is 120 Å². The van der Waals surface area contributed by atoms with E-state index in [1.165, 1.54) is 25.7 Å². The van der Waals surface area contributed by atoms with Crippen molar-refractivity contribution in [1.29, 1.82) is 0 Å². The zero-order chi connectivity index (χ0) is 37.5. The summed E-state index contributed by atoms with van der Waals surface area (Å²) in [7, 11) is 0. The molecule has 57 heavy (non-hydrogen) atoms. The summed E-state index contributed by atoms with van der Waals surface area (Å²) < 4.78 is 15.4. The number of furan rings is 2. The highest BCUT2D eigenvalue weighted by Crippen LogP contribution is 2.41. The summed E-state index contributed by atoms with van der Waals surface area (Å²) in [5, 5.41) is 6.79. The van der Waals surface area contributed by atoms with Gasteiger partial charge in [0.25, 0.3) is 0 Å². The maximum Gasteiger partial charge on any atom is 0.164 e. The van der Waals surface area contributed by atoms with E-state index in [0.29, 0.717) is 17.5 Å². The lowest BCUT2D eigenvalue weighted by molar-refractivity contribution is 0.669. The third-order valence-electron chi connectivity index (χ3n) is 10.9. The van der Waals surface area contributed by atoms with Gasteiger partial charge in [-0.25, -0.2) is 15.0 Å².